The van der Waals surface area contributed by atoms with Crippen LogP contribution in [-0.4, -0.2) is 43.3 Å². The van der Waals surface area contributed by atoms with Crippen LogP contribution in [0.5, 0.6) is 0 Å². The Labute approximate surface area is 73.9 Å². The van der Waals surface area contributed by atoms with Gasteiger partial charge in [0, 0.05) is 31.8 Å². The van der Waals surface area contributed by atoms with E-state index in [0.29, 0.717) is 6.04 Å². The van der Waals surface area contributed by atoms with Gasteiger partial charge in [-0.05, 0) is 19.3 Å². The molecule has 70 valence electrons. The molecule has 0 aromatic rings. The highest BCUT2D eigenvalue weighted by molar-refractivity contribution is 4.89. The van der Waals surface area contributed by atoms with Crippen LogP contribution in [-0.2, 0) is 4.74 Å². The SMILES string of the molecule is NC1CC(N2CCCOCC2)C1. The van der Waals surface area contributed by atoms with Crippen molar-refractivity contribution in [1.29, 1.82) is 0 Å². The highest BCUT2D eigenvalue weighted by Crippen LogP contribution is 2.24. The van der Waals surface area contributed by atoms with E-state index in [2.05, 4.69) is 4.90 Å². The molecular formula is C9H18N2O. The van der Waals surface area contributed by atoms with E-state index in [4.69, 9.17) is 10.5 Å². The molecule has 0 spiro atoms. The average Bonchev–Trinajstić information content (AvgIpc) is 2.26. The minimum Gasteiger partial charge on any atom is -0.380 e. The predicted molar refractivity (Wildman–Crippen MR) is 48.0 cm³/mol. The second-order valence-electron chi connectivity index (χ2n) is 3.89. The molecule has 0 amide bonds. The Morgan fingerprint density at radius 1 is 1.17 bits per heavy atom. The standard InChI is InChI=1S/C9H18N2O/c10-8-6-9(7-8)11-2-1-4-12-5-3-11/h8-9H,1-7,10H2. The molecule has 3 nitrogen and oxygen atoms in total. The normalized spacial score (nSPS) is 38.8. The fraction of sp³-hybridized carbons (Fsp3) is 1.00. The van der Waals surface area contributed by atoms with Crippen LogP contribution in [0, 0.1) is 0 Å². The zero-order valence-electron chi connectivity index (χ0n) is 7.54. The van der Waals surface area contributed by atoms with Gasteiger partial charge in [0.15, 0.2) is 0 Å². The van der Waals surface area contributed by atoms with Gasteiger partial charge in [0.1, 0.15) is 0 Å². The molecule has 1 heterocycles. The Morgan fingerprint density at radius 2 is 2.00 bits per heavy atom. The summed E-state index contributed by atoms with van der Waals surface area (Å²) in [6.07, 6.45) is 3.58. The maximum atomic E-state index is 5.76. The van der Waals surface area contributed by atoms with Crippen molar-refractivity contribution in [1.82, 2.24) is 4.90 Å². The van der Waals surface area contributed by atoms with Crippen LogP contribution in [0.1, 0.15) is 19.3 Å². The Kier molecular flexibility index (Phi) is 2.63. The minimum atomic E-state index is 0.471. The molecule has 2 rings (SSSR count). The van der Waals surface area contributed by atoms with E-state index in [1.807, 2.05) is 0 Å². The Hall–Kier alpha value is -0.120. The lowest BCUT2D eigenvalue weighted by Gasteiger charge is -2.40. The summed E-state index contributed by atoms with van der Waals surface area (Å²) in [6.45, 7) is 4.16. The summed E-state index contributed by atoms with van der Waals surface area (Å²) in [5.41, 5.74) is 5.76. The molecule has 0 radical (unpaired) electrons. The topological polar surface area (TPSA) is 38.5 Å². The van der Waals surface area contributed by atoms with Gasteiger partial charge in [-0.25, -0.2) is 0 Å². The van der Waals surface area contributed by atoms with E-state index in [1.54, 1.807) is 0 Å². The summed E-state index contributed by atoms with van der Waals surface area (Å²) in [7, 11) is 0. The average molecular weight is 170 g/mol. The summed E-state index contributed by atoms with van der Waals surface area (Å²) in [5.74, 6) is 0. The van der Waals surface area contributed by atoms with Gasteiger partial charge in [0.05, 0.1) is 6.61 Å². The second kappa shape index (κ2) is 3.73. The molecule has 2 N–H and O–H groups in total. The maximum absolute atomic E-state index is 5.76. The first kappa shape index (κ1) is 8.48. The third-order valence-corrected chi connectivity index (χ3v) is 2.92. The van der Waals surface area contributed by atoms with E-state index >= 15 is 0 Å². The number of ether oxygens (including phenoxy) is 1. The molecule has 1 aliphatic heterocycles. The van der Waals surface area contributed by atoms with E-state index in [-0.39, 0.29) is 0 Å². The number of nitrogens with zero attached hydrogens (tertiary/aromatic N) is 1. The molecule has 3 heteroatoms. The number of rotatable bonds is 1. The third-order valence-electron chi connectivity index (χ3n) is 2.92. The Morgan fingerprint density at radius 3 is 2.75 bits per heavy atom. The zero-order valence-corrected chi connectivity index (χ0v) is 7.54. The fourth-order valence-electron chi connectivity index (χ4n) is 2.06. The zero-order chi connectivity index (χ0) is 8.39. The van der Waals surface area contributed by atoms with E-state index in [1.165, 1.54) is 25.8 Å². The lowest BCUT2D eigenvalue weighted by Crippen LogP contribution is -2.51. The van der Waals surface area contributed by atoms with Crippen LogP contribution in [0.15, 0.2) is 0 Å². The van der Waals surface area contributed by atoms with Gasteiger partial charge < -0.3 is 10.5 Å². The lowest BCUT2D eigenvalue weighted by atomic mass is 9.86. The van der Waals surface area contributed by atoms with Crippen LogP contribution in [0.2, 0.25) is 0 Å². The van der Waals surface area contributed by atoms with Gasteiger partial charge in [-0.1, -0.05) is 0 Å². The molecule has 2 aliphatic rings. The molecule has 0 aromatic carbocycles. The number of hydrogen-bond acceptors (Lipinski definition) is 3. The molecule has 0 atom stereocenters. The molecule has 0 unspecified atom stereocenters. The van der Waals surface area contributed by atoms with Crippen LogP contribution < -0.4 is 5.73 Å². The smallest absolute Gasteiger partial charge is 0.0593 e. The molecule has 1 saturated carbocycles. The Balaban J connectivity index is 1.78. The maximum Gasteiger partial charge on any atom is 0.0593 e. The quantitative estimate of drug-likeness (QED) is 0.611. The highest BCUT2D eigenvalue weighted by Gasteiger charge is 2.31. The summed E-state index contributed by atoms with van der Waals surface area (Å²) in [4.78, 5) is 2.54. The van der Waals surface area contributed by atoms with Crippen molar-refractivity contribution in [2.24, 2.45) is 5.73 Å². The predicted octanol–water partition coefficient (Wildman–Crippen LogP) is 0.198. The van der Waals surface area contributed by atoms with E-state index in [9.17, 15) is 0 Å². The number of nitrogens with two attached hydrogens (primary N) is 1. The van der Waals surface area contributed by atoms with Crippen molar-refractivity contribution in [2.75, 3.05) is 26.3 Å². The Bertz CT molecular complexity index is 137. The van der Waals surface area contributed by atoms with Crippen LogP contribution in [0.25, 0.3) is 0 Å². The van der Waals surface area contributed by atoms with Crippen LogP contribution in [0.4, 0.5) is 0 Å². The van der Waals surface area contributed by atoms with Crippen molar-refractivity contribution in [3.05, 3.63) is 0 Å². The molecule has 1 saturated heterocycles. The van der Waals surface area contributed by atoms with Gasteiger partial charge in [0.25, 0.3) is 0 Å². The van der Waals surface area contributed by atoms with E-state index < -0.39 is 0 Å². The van der Waals surface area contributed by atoms with Gasteiger partial charge in [-0.3, -0.25) is 4.90 Å². The van der Waals surface area contributed by atoms with Crippen molar-refractivity contribution in [3.63, 3.8) is 0 Å². The summed E-state index contributed by atoms with van der Waals surface area (Å²) >= 11 is 0. The van der Waals surface area contributed by atoms with Crippen LogP contribution in [0.3, 0.4) is 0 Å². The summed E-state index contributed by atoms with van der Waals surface area (Å²) in [6, 6.07) is 1.24. The first-order valence-electron chi connectivity index (χ1n) is 4.93. The molecular weight excluding hydrogens is 152 g/mol. The lowest BCUT2D eigenvalue weighted by molar-refractivity contribution is 0.0961. The second-order valence-corrected chi connectivity index (χ2v) is 3.89. The van der Waals surface area contributed by atoms with Gasteiger partial charge in [-0.2, -0.15) is 0 Å². The molecule has 12 heavy (non-hydrogen) atoms. The first-order valence-corrected chi connectivity index (χ1v) is 4.93. The van der Waals surface area contributed by atoms with Crippen LogP contribution >= 0.6 is 0 Å². The largest absolute Gasteiger partial charge is 0.380 e. The number of hydrogen-bond donors (Lipinski definition) is 1. The van der Waals surface area contributed by atoms with Gasteiger partial charge in [0.2, 0.25) is 0 Å². The van der Waals surface area contributed by atoms with Crippen molar-refractivity contribution < 1.29 is 4.74 Å². The first-order chi connectivity index (χ1) is 5.86. The van der Waals surface area contributed by atoms with Crippen molar-refractivity contribution in [3.8, 4) is 0 Å². The van der Waals surface area contributed by atoms with E-state index in [0.717, 1.165) is 25.8 Å². The van der Waals surface area contributed by atoms with Gasteiger partial charge in [-0.15, -0.1) is 0 Å². The summed E-state index contributed by atoms with van der Waals surface area (Å²) in [5, 5.41) is 0. The van der Waals surface area contributed by atoms with Crippen molar-refractivity contribution >= 4 is 0 Å². The minimum absolute atomic E-state index is 0.471. The highest BCUT2D eigenvalue weighted by atomic mass is 16.5. The van der Waals surface area contributed by atoms with Gasteiger partial charge >= 0.3 is 0 Å². The molecule has 1 aliphatic carbocycles. The molecule has 2 fully saturated rings. The fourth-order valence-corrected chi connectivity index (χ4v) is 2.06. The monoisotopic (exact) mass is 170 g/mol. The molecule has 0 bridgehead atoms. The molecule has 0 aromatic heterocycles. The van der Waals surface area contributed by atoms with Crippen molar-refractivity contribution in [2.45, 2.75) is 31.3 Å². The third kappa shape index (κ3) is 1.79. The summed E-state index contributed by atoms with van der Waals surface area (Å²) < 4.78 is 5.40.